The van der Waals surface area contributed by atoms with E-state index >= 15 is 0 Å². The Bertz CT molecular complexity index is 719. The van der Waals surface area contributed by atoms with Gasteiger partial charge in [0.2, 0.25) is 0 Å². The number of ether oxygens (including phenoxy) is 1. The average molecular weight is 342 g/mol. The Morgan fingerprint density at radius 3 is 2.68 bits per heavy atom. The van der Waals surface area contributed by atoms with E-state index in [0.29, 0.717) is 12.3 Å². The predicted molar refractivity (Wildman–Crippen MR) is 93.0 cm³/mol. The number of cyclic esters (lactones) is 1. The normalized spacial score (nSPS) is 32.3. The molecule has 1 aromatic rings. The number of hydrogen-bond donors (Lipinski definition) is 1. The molecular formula is C21H23FO3. The topological polar surface area (TPSA) is 46.5 Å². The number of allylic oxidation sites excluding steroid dienone is 3. The second-order valence-corrected chi connectivity index (χ2v) is 7.50. The number of rotatable bonds is 3. The first-order chi connectivity index (χ1) is 12.1. The van der Waals surface area contributed by atoms with Gasteiger partial charge in [-0.05, 0) is 72.4 Å². The zero-order valence-electron chi connectivity index (χ0n) is 14.2. The van der Waals surface area contributed by atoms with E-state index < -0.39 is 6.10 Å². The monoisotopic (exact) mass is 342 g/mol. The lowest BCUT2D eigenvalue weighted by molar-refractivity contribution is -0.156. The van der Waals surface area contributed by atoms with Gasteiger partial charge in [0.25, 0.3) is 0 Å². The summed E-state index contributed by atoms with van der Waals surface area (Å²) in [5.74, 6) is 0.685. The number of fused-ring (bicyclic) bond motifs is 2. The number of esters is 1. The maximum Gasteiger partial charge on any atom is 0.309 e. The molecule has 1 aliphatic heterocycles. The van der Waals surface area contributed by atoms with E-state index in [0.717, 1.165) is 17.9 Å². The lowest BCUT2D eigenvalue weighted by Gasteiger charge is -2.27. The minimum absolute atomic E-state index is 0.0815. The van der Waals surface area contributed by atoms with Crippen molar-refractivity contribution in [2.45, 2.75) is 50.7 Å². The van der Waals surface area contributed by atoms with Crippen molar-refractivity contribution in [1.29, 1.82) is 0 Å². The average Bonchev–Trinajstić information content (AvgIpc) is 2.96. The van der Waals surface area contributed by atoms with Crippen LogP contribution in [0, 0.1) is 17.7 Å². The number of aliphatic hydroxyl groups is 1. The molecule has 1 heterocycles. The van der Waals surface area contributed by atoms with Gasteiger partial charge in [-0.3, -0.25) is 4.79 Å². The fourth-order valence-corrected chi connectivity index (χ4v) is 4.51. The van der Waals surface area contributed by atoms with Gasteiger partial charge in [-0.1, -0.05) is 18.2 Å². The smallest absolute Gasteiger partial charge is 0.309 e. The van der Waals surface area contributed by atoms with Gasteiger partial charge < -0.3 is 9.84 Å². The molecular weight excluding hydrogens is 319 g/mol. The first-order valence-corrected chi connectivity index (χ1v) is 9.13. The highest BCUT2D eigenvalue weighted by molar-refractivity contribution is 5.73. The van der Waals surface area contributed by atoms with Gasteiger partial charge in [0.15, 0.2) is 0 Å². The molecule has 132 valence electrons. The molecule has 0 amide bonds. The Kier molecular flexibility index (Phi) is 4.46. The molecule has 1 aromatic carbocycles. The van der Waals surface area contributed by atoms with E-state index in [2.05, 4.69) is 6.08 Å². The van der Waals surface area contributed by atoms with Crippen LogP contribution in [-0.2, 0) is 9.53 Å². The van der Waals surface area contributed by atoms with E-state index in [1.54, 1.807) is 0 Å². The van der Waals surface area contributed by atoms with Crippen LogP contribution in [0.2, 0.25) is 0 Å². The SMILES string of the molecule is O=C1CC(O)CC(C=CC2=C(c3ccc(F)cc3)CC3CCC2C3)O1. The highest BCUT2D eigenvalue weighted by atomic mass is 19.1. The summed E-state index contributed by atoms with van der Waals surface area (Å²) in [6.45, 7) is 0. The zero-order valence-corrected chi connectivity index (χ0v) is 14.2. The molecule has 1 saturated carbocycles. The Morgan fingerprint density at radius 1 is 1.12 bits per heavy atom. The van der Waals surface area contributed by atoms with Crippen LogP contribution in [0.5, 0.6) is 0 Å². The van der Waals surface area contributed by atoms with Crippen molar-refractivity contribution in [3.8, 4) is 0 Å². The zero-order chi connectivity index (χ0) is 17.4. The number of hydrogen-bond acceptors (Lipinski definition) is 3. The first-order valence-electron chi connectivity index (χ1n) is 9.13. The summed E-state index contributed by atoms with van der Waals surface area (Å²) in [5.41, 5.74) is 3.66. The Morgan fingerprint density at radius 2 is 1.92 bits per heavy atom. The third-order valence-corrected chi connectivity index (χ3v) is 5.69. The quantitative estimate of drug-likeness (QED) is 0.844. The van der Waals surface area contributed by atoms with Crippen LogP contribution in [0.1, 0.15) is 44.1 Å². The molecule has 1 saturated heterocycles. The molecule has 0 spiro atoms. The standard InChI is InChI=1S/C21H23FO3/c22-16-5-3-14(4-6-16)20-10-13-1-2-15(9-13)19(20)8-7-18-11-17(23)12-21(24)25-18/h3-8,13,15,17-18,23H,1-2,9-12H2. The lowest BCUT2D eigenvalue weighted by atomic mass is 9.80. The van der Waals surface area contributed by atoms with Gasteiger partial charge in [0.1, 0.15) is 11.9 Å². The van der Waals surface area contributed by atoms with Crippen molar-refractivity contribution < 1.29 is 19.0 Å². The molecule has 4 atom stereocenters. The Labute approximate surface area is 147 Å². The van der Waals surface area contributed by atoms with Gasteiger partial charge in [-0.25, -0.2) is 4.39 Å². The molecule has 4 heteroatoms. The molecule has 4 rings (SSSR count). The van der Waals surface area contributed by atoms with E-state index in [-0.39, 0.29) is 24.3 Å². The van der Waals surface area contributed by atoms with E-state index in [4.69, 9.17) is 4.74 Å². The summed E-state index contributed by atoms with van der Waals surface area (Å²) < 4.78 is 18.6. The maximum absolute atomic E-state index is 13.3. The van der Waals surface area contributed by atoms with Crippen LogP contribution in [0.3, 0.4) is 0 Å². The van der Waals surface area contributed by atoms with Crippen LogP contribution in [0.25, 0.3) is 5.57 Å². The largest absolute Gasteiger partial charge is 0.458 e. The molecule has 1 N–H and O–H groups in total. The van der Waals surface area contributed by atoms with E-state index in [1.807, 2.05) is 18.2 Å². The number of carbonyl (C=O) groups excluding carboxylic acids is 1. The van der Waals surface area contributed by atoms with Crippen LogP contribution < -0.4 is 0 Å². The van der Waals surface area contributed by atoms with Gasteiger partial charge in [-0.15, -0.1) is 0 Å². The minimum Gasteiger partial charge on any atom is -0.458 e. The molecule has 0 radical (unpaired) electrons. The molecule has 3 aliphatic rings. The van der Waals surface area contributed by atoms with Crippen molar-refractivity contribution >= 4 is 11.5 Å². The highest BCUT2D eigenvalue weighted by Gasteiger charge is 2.34. The molecule has 3 nitrogen and oxygen atoms in total. The molecule has 2 bridgehead atoms. The molecule has 2 fully saturated rings. The third kappa shape index (κ3) is 3.54. The van der Waals surface area contributed by atoms with Gasteiger partial charge in [-0.2, -0.15) is 0 Å². The molecule has 0 aromatic heterocycles. The summed E-state index contributed by atoms with van der Waals surface area (Å²) in [4.78, 5) is 11.5. The van der Waals surface area contributed by atoms with Crippen LogP contribution >= 0.6 is 0 Å². The van der Waals surface area contributed by atoms with Crippen molar-refractivity contribution in [3.63, 3.8) is 0 Å². The second kappa shape index (κ2) is 6.75. The number of halogens is 1. The summed E-state index contributed by atoms with van der Waals surface area (Å²) in [6, 6.07) is 6.74. The molecule has 4 unspecified atom stereocenters. The van der Waals surface area contributed by atoms with Gasteiger partial charge in [0, 0.05) is 6.42 Å². The van der Waals surface area contributed by atoms with Crippen molar-refractivity contribution in [2.75, 3.05) is 0 Å². The van der Waals surface area contributed by atoms with Crippen LogP contribution in [-0.4, -0.2) is 23.3 Å². The summed E-state index contributed by atoms with van der Waals surface area (Å²) in [7, 11) is 0. The second-order valence-electron chi connectivity index (χ2n) is 7.50. The van der Waals surface area contributed by atoms with E-state index in [9.17, 15) is 14.3 Å². The van der Waals surface area contributed by atoms with Crippen LogP contribution in [0.4, 0.5) is 4.39 Å². The summed E-state index contributed by atoms with van der Waals surface area (Å²) in [6.07, 6.45) is 8.20. The Balaban J connectivity index is 1.64. The summed E-state index contributed by atoms with van der Waals surface area (Å²) >= 11 is 0. The lowest BCUT2D eigenvalue weighted by Crippen LogP contribution is -2.31. The third-order valence-electron chi connectivity index (χ3n) is 5.69. The van der Waals surface area contributed by atoms with Crippen molar-refractivity contribution in [2.24, 2.45) is 11.8 Å². The fourth-order valence-electron chi connectivity index (χ4n) is 4.51. The van der Waals surface area contributed by atoms with Gasteiger partial charge in [0.05, 0.1) is 12.5 Å². The first kappa shape index (κ1) is 16.5. The summed E-state index contributed by atoms with van der Waals surface area (Å²) in [5, 5.41) is 9.77. The highest BCUT2D eigenvalue weighted by Crippen LogP contribution is 2.48. The Hall–Kier alpha value is -1.94. The predicted octanol–water partition coefficient (Wildman–Crippen LogP) is 4.02. The van der Waals surface area contributed by atoms with Crippen LogP contribution in [0.15, 0.2) is 42.0 Å². The van der Waals surface area contributed by atoms with Crippen molar-refractivity contribution in [1.82, 2.24) is 0 Å². The van der Waals surface area contributed by atoms with Crippen molar-refractivity contribution in [3.05, 3.63) is 53.4 Å². The maximum atomic E-state index is 13.3. The van der Waals surface area contributed by atoms with Gasteiger partial charge >= 0.3 is 5.97 Å². The number of benzene rings is 1. The number of carbonyl (C=O) groups is 1. The van der Waals surface area contributed by atoms with E-state index in [1.165, 1.54) is 42.5 Å². The number of aliphatic hydroxyl groups excluding tert-OH is 1. The fraction of sp³-hybridized carbons (Fsp3) is 0.476. The minimum atomic E-state index is -0.622. The molecule has 25 heavy (non-hydrogen) atoms. The molecule has 2 aliphatic carbocycles.